The van der Waals surface area contributed by atoms with Crippen LogP contribution in [-0.4, -0.2) is 36.2 Å². The van der Waals surface area contributed by atoms with E-state index in [-0.39, 0.29) is 6.79 Å². The molecule has 3 aromatic carbocycles. The Balaban J connectivity index is 1.11. The van der Waals surface area contributed by atoms with Crippen molar-refractivity contribution >= 4 is 17.4 Å². The Morgan fingerprint density at radius 3 is 2.43 bits per heavy atom. The first-order valence-electron chi connectivity index (χ1n) is 11.0. The van der Waals surface area contributed by atoms with Crippen molar-refractivity contribution < 1.29 is 28.2 Å². The van der Waals surface area contributed by atoms with Crippen LogP contribution in [-0.2, 0) is 6.42 Å². The monoisotopic (exact) mass is 472 g/mol. The number of urea groups is 1. The summed E-state index contributed by atoms with van der Waals surface area (Å²) in [6.45, 7) is 1.21. The number of ether oxygens (including phenoxy) is 4. The van der Waals surface area contributed by atoms with E-state index in [0.717, 1.165) is 11.3 Å². The second kappa shape index (κ2) is 8.90. The number of nitrogens with one attached hydrogen (secondary N) is 2. The van der Waals surface area contributed by atoms with Crippen LogP contribution in [0.1, 0.15) is 11.5 Å². The fourth-order valence-electron chi connectivity index (χ4n) is 3.81. The standard InChI is InChI=1S/C25H20N4O6/c30-25(27-18-5-7-19-22(13-18)32-9-8-31-19)26-17-3-1-2-16(12-17)24-29-28-23(35-24)11-15-4-6-20-21(10-15)34-14-33-20/h1-7,10,12-13H,8-9,11,14H2,(H2,26,27,30). The summed E-state index contributed by atoms with van der Waals surface area (Å²) in [5.41, 5.74) is 2.82. The Hall–Kier alpha value is -4.73. The van der Waals surface area contributed by atoms with Gasteiger partial charge in [0.2, 0.25) is 18.6 Å². The van der Waals surface area contributed by atoms with Gasteiger partial charge >= 0.3 is 6.03 Å². The average molecular weight is 472 g/mol. The van der Waals surface area contributed by atoms with Crippen LogP contribution in [0.2, 0.25) is 0 Å². The highest BCUT2D eigenvalue weighted by Gasteiger charge is 2.16. The molecule has 0 atom stereocenters. The summed E-state index contributed by atoms with van der Waals surface area (Å²) in [7, 11) is 0. The van der Waals surface area contributed by atoms with Gasteiger partial charge in [-0.05, 0) is 48.0 Å². The Kier molecular flexibility index (Phi) is 5.30. The Labute approximate surface area is 199 Å². The summed E-state index contributed by atoms with van der Waals surface area (Å²) in [4.78, 5) is 12.5. The van der Waals surface area contributed by atoms with Crippen molar-refractivity contribution in [2.45, 2.75) is 6.42 Å². The van der Waals surface area contributed by atoms with E-state index < -0.39 is 6.03 Å². The molecule has 6 rings (SSSR count). The van der Waals surface area contributed by atoms with Crippen LogP contribution in [0.5, 0.6) is 23.0 Å². The number of hydrogen-bond donors (Lipinski definition) is 2. The first kappa shape index (κ1) is 20.8. The van der Waals surface area contributed by atoms with Crippen LogP contribution < -0.4 is 29.6 Å². The van der Waals surface area contributed by atoms with Gasteiger partial charge in [-0.3, -0.25) is 0 Å². The second-order valence-electron chi connectivity index (χ2n) is 7.88. The van der Waals surface area contributed by atoms with Gasteiger partial charge in [0.05, 0.1) is 6.42 Å². The zero-order valence-electron chi connectivity index (χ0n) is 18.4. The summed E-state index contributed by atoms with van der Waals surface area (Å²) >= 11 is 0. The smallest absolute Gasteiger partial charge is 0.323 e. The largest absolute Gasteiger partial charge is 0.486 e. The minimum absolute atomic E-state index is 0.225. The molecule has 2 amide bonds. The van der Waals surface area contributed by atoms with Gasteiger partial charge in [0.15, 0.2) is 23.0 Å². The number of benzene rings is 3. The van der Waals surface area contributed by atoms with Crippen molar-refractivity contribution in [1.82, 2.24) is 10.2 Å². The molecule has 2 N–H and O–H groups in total. The van der Waals surface area contributed by atoms with Crippen LogP contribution in [0.4, 0.5) is 16.2 Å². The fourth-order valence-corrected chi connectivity index (χ4v) is 3.81. The normalized spacial score (nSPS) is 13.4. The van der Waals surface area contributed by atoms with Gasteiger partial charge in [-0.2, -0.15) is 0 Å². The van der Waals surface area contributed by atoms with E-state index in [1.165, 1.54) is 0 Å². The fraction of sp³-hybridized carbons (Fsp3) is 0.160. The zero-order valence-corrected chi connectivity index (χ0v) is 18.4. The molecule has 176 valence electrons. The first-order valence-corrected chi connectivity index (χ1v) is 11.0. The van der Waals surface area contributed by atoms with Crippen LogP contribution in [0.15, 0.2) is 65.1 Å². The van der Waals surface area contributed by atoms with Crippen LogP contribution in [0.25, 0.3) is 11.5 Å². The lowest BCUT2D eigenvalue weighted by molar-refractivity contribution is 0.171. The maximum absolute atomic E-state index is 12.5. The highest BCUT2D eigenvalue weighted by molar-refractivity contribution is 6.00. The molecule has 35 heavy (non-hydrogen) atoms. The molecule has 0 radical (unpaired) electrons. The molecule has 0 unspecified atom stereocenters. The van der Waals surface area contributed by atoms with Crippen molar-refractivity contribution in [3.63, 3.8) is 0 Å². The van der Waals surface area contributed by atoms with Gasteiger partial charge in [0.1, 0.15) is 13.2 Å². The lowest BCUT2D eigenvalue weighted by Crippen LogP contribution is -2.20. The highest BCUT2D eigenvalue weighted by atomic mass is 16.7. The quantitative estimate of drug-likeness (QED) is 0.437. The topological polar surface area (TPSA) is 117 Å². The van der Waals surface area contributed by atoms with E-state index in [4.69, 9.17) is 23.4 Å². The van der Waals surface area contributed by atoms with Crippen molar-refractivity contribution in [1.29, 1.82) is 0 Å². The van der Waals surface area contributed by atoms with Gasteiger partial charge in [-0.15, -0.1) is 10.2 Å². The third kappa shape index (κ3) is 4.54. The molecule has 0 fully saturated rings. The summed E-state index contributed by atoms with van der Waals surface area (Å²) in [5.74, 6) is 3.51. The number of amides is 2. The second-order valence-corrected chi connectivity index (χ2v) is 7.88. The number of rotatable bonds is 5. The third-order valence-electron chi connectivity index (χ3n) is 5.43. The molecular formula is C25H20N4O6. The molecule has 2 aliphatic rings. The summed E-state index contributed by atoms with van der Waals surface area (Å²) in [5, 5.41) is 13.9. The van der Waals surface area contributed by atoms with Crippen molar-refractivity contribution in [3.05, 3.63) is 72.1 Å². The molecule has 10 heteroatoms. The van der Waals surface area contributed by atoms with Crippen molar-refractivity contribution in [2.75, 3.05) is 30.6 Å². The van der Waals surface area contributed by atoms with Gasteiger partial charge < -0.3 is 34.0 Å². The number of carbonyl (C=O) groups excluding carboxylic acids is 1. The Morgan fingerprint density at radius 1 is 0.771 bits per heavy atom. The third-order valence-corrected chi connectivity index (χ3v) is 5.43. The average Bonchev–Trinajstić information content (AvgIpc) is 3.53. The first-order chi connectivity index (χ1) is 17.2. The minimum atomic E-state index is -0.396. The van der Waals surface area contributed by atoms with Crippen LogP contribution >= 0.6 is 0 Å². The van der Waals surface area contributed by atoms with E-state index in [1.807, 2.05) is 24.3 Å². The van der Waals surface area contributed by atoms with Gasteiger partial charge in [0, 0.05) is 23.0 Å². The number of aromatic nitrogens is 2. The molecule has 0 saturated heterocycles. The molecule has 0 saturated carbocycles. The molecule has 4 aromatic rings. The molecule has 0 spiro atoms. The van der Waals surface area contributed by atoms with E-state index >= 15 is 0 Å². The lowest BCUT2D eigenvalue weighted by Gasteiger charge is -2.19. The SMILES string of the molecule is O=C(Nc1cccc(-c2nnc(Cc3ccc4c(c3)OCO4)o2)c1)Nc1ccc2c(c1)OCCO2. The van der Waals surface area contributed by atoms with Crippen LogP contribution in [0.3, 0.4) is 0 Å². The predicted octanol–water partition coefficient (Wildman–Crippen LogP) is 4.47. The van der Waals surface area contributed by atoms with Gasteiger partial charge in [-0.1, -0.05) is 12.1 Å². The molecule has 1 aromatic heterocycles. The Morgan fingerprint density at radius 2 is 1.51 bits per heavy atom. The molecule has 10 nitrogen and oxygen atoms in total. The van der Waals surface area contributed by atoms with Crippen molar-refractivity contribution in [3.8, 4) is 34.5 Å². The van der Waals surface area contributed by atoms with Gasteiger partial charge in [0.25, 0.3) is 0 Å². The maximum atomic E-state index is 12.5. The molecular weight excluding hydrogens is 452 g/mol. The maximum Gasteiger partial charge on any atom is 0.323 e. The number of carbonyl (C=O) groups is 1. The predicted molar refractivity (Wildman–Crippen MR) is 125 cm³/mol. The number of fused-ring (bicyclic) bond motifs is 2. The lowest BCUT2D eigenvalue weighted by atomic mass is 10.1. The van der Waals surface area contributed by atoms with E-state index in [9.17, 15) is 4.79 Å². The summed E-state index contributed by atoms with van der Waals surface area (Å²) in [6, 6.07) is 17.7. The number of nitrogens with zero attached hydrogens (tertiary/aromatic N) is 2. The zero-order chi connectivity index (χ0) is 23.6. The Bertz CT molecular complexity index is 1400. The summed E-state index contributed by atoms with van der Waals surface area (Å²) < 4.78 is 27.7. The molecule has 0 bridgehead atoms. The molecule has 2 aliphatic heterocycles. The van der Waals surface area contributed by atoms with E-state index in [1.54, 1.807) is 36.4 Å². The van der Waals surface area contributed by atoms with E-state index in [2.05, 4.69) is 20.8 Å². The van der Waals surface area contributed by atoms with Gasteiger partial charge in [-0.25, -0.2) is 4.79 Å². The summed E-state index contributed by atoms with van der Waals surface area (Å²) in [6.07, 6.45) is 0.458. The molecule has 0 aliphatic carbocycles. The number of anilines is 2. The molecule has 3 heterocycles. The highest BCUT2D eigenvalue weighted by Crippen LogP contribution is 2.34. The minimum Gasteiger partial charge on any atom is -0.486 e. The van der Waals surface area contributed by atoms with Crippen molar-refractivity contribution in [2.24, 2.45) is 0 Å². The van der Waals surface area contributed by atoms with E-state index in [0.29, 0.717) is 65.6 Å². The van der Waals surface area contributed by atoms with Crippen LogP contribution in [0, 0.1) is 0 Å². The number of hydrogen-bond acceptors (Lipinski definition) is 8.